The fourth-order valence-electron chi connectivity index (χ4n) is 2.12. The van der Waals surface area contributed by atoms with Gasteiger partial charge in [-0.05, 0) is 35.7 Å². The lowest BCUT2D eigenvalue weighted by Crippen LogP contribution is -2.14. The molecule has 3 rings (SSSR count). The second kappa shape index (κ2) is 7.35. The fourth-order valence-corrected chi connectivity index (χ4v) is 2.73. The largest absolute Gasteiger partial charge is 0.461 e. The third kappa shape index (κ3) is 4.05. The molecule has 2 N–H and O–H groups in total. The van der Waals surface area contributed by atoms with Crippen molar-refractivity contribution in [2.45, 2.75) is 24.9 Å². The number of rotatable bonds is 6. The SMILES string of the molecule is CC(C)c1ccc(NC(=O)CSc2nnc(-c3ccco3)[nH]2)cc1. The lowest BCUT2D eigenvalue weighted by atomic mass is 10.0. The van der Waals surface area contributed by atoms with E-state index in [4.69, 9.17) is 4.42 Å². The molecule has 0 aliphatic carbocycles. The first-order valence-electron chi connectivity index (χ1n) is 7.61. The number of H-pyrrole nitrogens is 1. The highest BCUT2D eigenvalue weighted by Crippen LogP contribution is 2.20. The van der Waals surface area contributed by atoms with Gasteiger partial charge in [0.1, 0.15) is 0 Å². The zero-order valence-corrected chi connectivity index (χ0v) is 14.3. The Labute approximate surface area is 144 Å². The van der Waals surface area contributed by atoms with Gasteiger partial charge in [0.05, 0.1) is 12.0 Å². The van der Waals surface area contributed by atoms with Gasteiger partial charge in [0.25, 0.3) is 0 Å². The van der Waals surface area contributed by atoms with Crippen LogP contribution in [-0.4, -0.2) is 26.8 Å². The quantitative estimate of drug-likeness (QED) is 0.663. The Morgan fingerprint density at radius 3 is 2.71 bits per heavy atom. The van der Waals surface area contributed by atoms with Gasteiger partial charge in [0.15, 0.2) is 16.7 Å². The Balaban J connectivity index is 1.52. The number of thioether (sulfide) groups is 1. The number of furan rings is 1. The van der Waals surface area contributed by atoms with Crippen LogP contribution in [0.2, 0.25) is 0 Å². The predicted octanol–water partition coefficient (Wildman–Crippen LogP) is 3.92. The minimum Gasteiger partial charge on any atom is -0.461 e. The summed E-state index contributed by atoms with van der Waals surface area (Å²) in [6, 6.07) is 11.5. The minimum absolute atomic E-state index is 0.0896. The average Bonchev–Trinajstić information content (AvgIpc) is 3.25. The molecule has 124 valence electrons. The molecule has 2 heterocycles. The second-order valence-electron chi connectivity index (χ2n) is 5.57. The third-order valence-electron chi connectivity index (χ3n) is 3.42. The van der Waals surface area contributed by atoms with Crippen LogP contribution in [0.3, 0.4) is 0 Å². The third-order valence-corrected chi connectivity index (χ3v) is 4.29. The molecule has 0 aliphatic rings. The highest BCUT2D eigenvalue weighted by molar-refractivity contribution is 7.99. The van der Waals surface area contributed by atoms with Crippen molar-refractivity contribution in [3.8, 4) is 11.6 Å². The van der Waals surface area contributed by atoms with E-state index in [1.54, 1.807) is 18.4 Å². The molecule has 0 aliphatic heterocycles. The van der Waals surface area contributed by atoms with E-state index in [1.165, 1.54) is 17.3 Å². The molecule has 0 bridgehead atoms. The maximum Gasteiger partial charge on any atom is 0.234 e. The molecule has 0 atom stereocenters. The van der Waals surface area contributed by atoms with Crippen LogP contribution in [0.25, 0.3) is 11.6 Å². The van der Waals surface area contributed by atoms with Crippen molar-refractivity contribution in [2.75, 3.05) is 11.1 Å². The summed E-state index contributed by atoms with van der Waals surface area (Å²) in [6.45, 7) is 4.28. The molecule has 24 heavy (non-hydrogen) atoms. The molecular weight excluding hydrogens is 324 g/mol. The smallest absolute Gasteiger partial charge is 0.234 e. The van der Waals surface area contributed by atoms with Gasteiger partial charge in [-0.25, -0.2) is 0 Å². The summed E-state index contributed by atoms with van der Waals surface area (Å²) in [5.41, 5.74) is 2.04. The first kappa shape index (κ1) is 16.3. The molecule has 6 nitrogen and oxygen atoms in total. The van der Waals surface area contributed by atoms with Crippen LogP contribution in [0.15, 0.2) is 52.2 Å². The highest BCUT2D eigenvalue weighted by Gasteiger charge is 2.10. The Bertz CT molecular complexity index is 794. The molecule has 0 saturated heterocycles. The topological polar surface area (TPSA) is 83.8 Å². The molecule has 0 fully saturated rings. The van der Waals surface area contributed by atoms with E-state index in [0.717, 1.165) is 5.69 Å². The second-order valence-corrected chi connectivity index (χ2v) is 6.53. The van der Waals surface area contributed by atoms with Crippen LogP contribution in [0.5, 0.6) is 0 Å². The number of carbonyl (C=O) groups excluding carboxylic acids is 1. The fraction of sp³-hybridized carbons (Fsp3) is 0.235. The van der Waals surface area contributed by atoms with Crippen molar-refractivity contribution in [1.29, 1.82) is 0 Å². The number of hydrogen-bond acceptors (Lipinski definition) is 5. The first-order chi connectivity index (χ1) is 11.6. The Kier molecular flexibility index (Phi) is 5.00. The van der Waals surface area contributed by atoms with E-state index in [-0.39, 0.29) is 11.7 Å². The Morgan fingerprint density at radius 1 is 1.25 bits per heavy atom. The van der Waals surface area contributed by atoms with Crippen LogP contribution in [-0.2, 0) is 4.79 Å². The molecule has 2 aromatic heterocycles. The van der Waals surface area contributed by atoms with Crippen molar-refractivity contribution in [1.82, 2.24) is 15.2 Å². The van der Waals surface area contributed by atoms with E-state index in [2.05, 4.69) is 34.3 Å². The lowest BCUT2D eigenvalue weighted by molar-refractivity contribution is -0.113. The molecule has 1 amide bonds. The summed E-state index contributed by atoms with van der Waals surface area (Å²) in [5, 5.41) is 11.4. The van der Waals surface area contributed by atoms with E-state index in [9.17, 15) is 4.79 Å². The van der Waals surface area contributed by atoms with E-state index >= 15 is 0 Å². The summed E-state index contributed by atoms with van der Waals surface area (Å²) in [5.74, 6) is 1.79. The normalized spacial score (nSPS) is 11.0. The summed E-state index contributed by atoms with van der Waals surface area (Å²) < 4.78 is 5.24. The lowest BCUT2D eigenvalue weighted by Gasteiger charge is -2.08. The van der Waals surface area contributed by atoms with Gasteiger partial charge >= 0.3 is 0 Å². The van der Waals surface area contributed by atoms with Crippen LogP contribution >= 0.6 is 11.8 Å². The molecular formula is C17H18N4O2S. The number of carbonyl (C=O) groups is 1. The number of nitrogens with zero attached hydrogens (tertiary/aromatic N) is 2. The molecule has 0 saturated carbocycles. The van der Waals surface area contributed by atoms with Gasteiger partial charge in [0.2, 0.25) is 5.91 Å². The van der Waals surface area contributed by atoms with Gasteiger partial charge in [-0.2, -0.15) is 0 Å². The van der Waals surface area contributed by atoms with Gasteiger partial charge in [-0.15, -0.1) is 10.2 Å². The zero-order valence-electron chi connectivity index (χ0n) is 13.4. The number of amides is 1. The summed E-state index contributed by atoms with van der Waals surface area (Å²) in [6.07, 6.45) is 1.57. The van der Waals surface area contributed by atoms with Crippen molar-refractivity contribution in [2.24, 2.45) is 0 Å². The van der Waals surface area contributed by atoms with Crippen LogP contribution in [0, 0.1) is 0 Å². The van der Waals surface area contributed by atoms with Crippen LogP contribution in [0.1, 0.15) is 25.3 Å². The van der Waals surface area contributed by atoms with Gasteiger partial charge in [0, 0.05) is 5.69 Å². The molecule has 3 aromatic rings. The summed E-state index contributed by atoms with van der Waals surface area (Å²) >= 11 is 1.29. The predicted molar refractivity (Wildman–Crippen MR) is 94.0 cm³/mol. The number of aromatic nitrogens is 3. The van der Waals surface area contributed by atoms with Crippen LogP contribution in [0.4, 0.5) is 5.69 Å². The maximum absolute atomic E-state index is 12.0. The molecule has 0 spiro atoms. The van der Waals surface area contributed by atoms with Gasteiger partial charge in [-0.1, -0.05) is 37.7 Å². The van der Waals surface area contributed by atoms with E-state index in [1.807, 2.05) is 24.3 Å². The van der Waals surface area contributed by atoms with Crippen molar-refractivity contribution in [3.63, 3.8) is 0 Å². The number of aromatic amines is 1. The maximum atomic E-state index is 12.0. The molecule has 1 aromatic carbocycles. The Hall–Kier alpha value is -2.54. The first-order valence-corrected chi connectivity index (χ1v) is 8.59. The summed E-state index contributed by atoms with van der Waals surface area (Å²) in [7, 11) is 0. The molecule has 0 unspecified atom stereocenters. The number of anilines is 1. The number of hydrogen-bond donors (Lipinski definition) is 2. The van der Waals surface area contributed by atoms with Gasteiger partial charge < -0.3 is 14.7 Å². The number of nitrogens with one attached hydrogen (secondary N) is 2. The monoisotopic (exact) mass is 342 g/mol. The average molecular weight is 342 g/mol. The minimum atomic E-state index is -0.0896. The van der Waals surface area contributed by atoms with Crippen molar-refractivity contribution >= 4 is 23.4 Å². The Morgan fingerprint density at radius 2 is 2.04 bits per heavy atom. The summed E-state index contributed by atoms with van der Waals surface area (Å²) in [4.78, 5) is 15.0. The molecule has 7 heteroatoms. The van der Waals surface area contributed by atoms with Gasteiger partial charge in [-0.3, -0.25) is 4.79 Å². The highest BCUT2D eigenvalue weighted by atomic mass is 32.2. The van der Waals surface area contributed by atoms with Crippen LogP contribution < -0.4 is 5.32 Å². The number of benzene rings is 1. The zero-order chi connectivity index (χ0) is 16.9. The van der Waals surface area contributed by atoms with Crippen molar-refractivity contribution < 1.29 is 9.21 Å². The standard InChI is InChI=1S/C17H18N4O2S/c1-11(2)12-5-7-13(8-6-12)18-15(22)10-24-17-19-16(20-21-17)14-4-3-9-23-14/h3-9,11H,10H2,1-2H3,(H,18,22)(H,19,20,21). The van der Waals surface area contributed by atoms with E-state index < -0.39 is 0 Å². The van der Waals surface area contributed by atoms with E-state index in [0.29, 0.717) is 22.7 Å². The molecule has 0 radical (unpaired) electrons. The van der Waals surface area contributed by atoms with Crippen molar-refractivity contribution in [3.05, 3.63) is 48.2 Å².